The lowest BCUT2D eigenvalue weighted by atomic mass is 9.64. The van der Waals surface area contributed by atoms with Crippen molar-refractivity contribution in [2.75, 3.05) is 0 Å². The monoisotopic (exact) mass is 782 g/mol. The number of benzene rings is 9. The normalized spacial score (nSPS) is 11.6. The van der Waals surface area contributed by atoms with Gasteiger partial charge in [-0.2, -0.15) is 0 Å². The largest absolute Gasteiger partial charge is 0.311 e. The first kappa shape index (κ1) is 38.9. The van der Waals surface area contributed by atoms with Crippen molar-refractivity contribution in [3.05, 3.63) is 176 Å². The molecule has 0 amide bonds. The van der Waals surface area contributed by atoms with E-state index in [1.807, 2.05) is 47.0 Å². The summed E-state index contributed by atoms with van der Waals surface area (Å²) < 4.78 is 4.30. The first-order valence-corrected chi connectivity index (χ1v) is 20.7. The number of rotatable bonds is 6. The molecule has 0 aliphatic carbocycles. The van der Waals surface area contributed by atoms with Gasteiger partial charge in [0.05, 0.1) is 11.0 Å². The van der Waals surface area contributed by atoms with Gasteiger partial charge in [0.1, 0.15) is 54.9 Å². The molecule has 9 heteroatoms. The van der Waals surface area contributed by atoms with Crippen molar-refractivity contribution in [2.24, 2.45) is 0 Å². The topological polar surface area (TPSA) is 9.86 Å². The first-order valence-electron chi connectivity index (χ1n) is 20.7. The Kier molecular flexibility index (Phi) is 9.35. The minimum Gasteiger partial charge on any atom is -0.311 e. The van der Waals surface area contributed by atoms with E-state index in [0.29, 0.717) is 43.8 Å². The number of hydrogen-bond donors (Lipinski definition) is 0. The Labute approximate surface area is 375 Å². The summed E-state index contributed by atoms with van der Waals surface area (Å²) in [7, 11) is 48.8. The van der Waals surface area contributed by atoms with Gasteiger partial charge in [-0.1, -0.05) is 167 Å². The molecule has 0 saturated carbocycles. The van der Waals surface area contributed by atoms with Crippen molar-refractivity contribution in [3.8, 4) is 55.9 Å². The van der Waals surface area contributed by atoms with E-state index >= 15 is 0 Å². The lowest BCUT2D eigenvalue weighted by Crippen LogP contribution is -2.48. The molecular weight excluding hydrogens is 752 g/mol. The van der Waals surface area contributed by atoms with E-state index in [4.69, 9.17) is 54.9 Å². The Morgan fingerprint density at radius 2 is 0.778 bits per heavy atom. The van der Waals surface area contributed by atoms with Crippen molar-refractivity contribution >= 4 is 137 Å². The van der Waals surface area contributed by atoms with Gasteiger partial charge >= 0.3 is 0 Å². The second-order valence-electron chi connectivity index (χ2n) is 16.0. The first-order chi connectivity index (χ1) is 30.7. The van der Waals surface area contributed by atoms with Crippen LogP contribution in [0.1, 0.15) is 0 Å². The summed E-state index contributed by atoms with van der Waals surface area (Å²) in [4.78, 5) is 0. The van der Waals surface area contributed by atoms with Crippen LogP contribution in [0, 0.1) is 0 Å². The Bertz CT molecular complexity index is 3630. The van der Waals surface area contributed by atoms with Crippen molar-refractivity contribution in [2.45, 2.75) is 0 Å². The van der Waals surface area contributed by atoms with Crippen LogP contribution >= 0.6 is 0 Å². The van der Waals surface area contributed by atoms with E-state index in [2.05, 4.69) is 138 Å². The van der Waals surface area contributed by atoms with Gasteiger partial charge in [0.25, 0.3) is 0 Å². The fourth-order valence-corrected chi connectivity index (χ4v) is 9.51. The highest BCUT2D eigenvalue weighted by Crippen LogP contribution is 2.40. The zero-order valence-corrected chi connectivity index (χ0v) is 34.2. The molecular formula is C54H29B7N2. The van der Waals surface area contributed by atoms with Gasteiger partial charge < -0.3 is 9.13 Å². The van der Waals surface area contributed by atoms with E-state index in [0.717, 1.165) is 72.1 Å². The molecule has 0 N–H and O–H groups in total. The standard InChI is InChI=1S/C54H29B7N2/c55-45-42(46(56)50(60)53-43(45)44-47(57)48(58)49(59)51(61)54(44)63(53)37-22-11-20-34(28-37)31-15-6-2-7-16-31)35-25-26-41-40(29-35)39-24-12-23-38(32-17-8-3-9-18-32)52(39)62(41)36-21-10-19-33(27-36)30-13-4-1-5-14-30/h1-29H. The maximum Gasteiger partial charge on any atom is 0.115 e. The van der Waals surface area contributed by atoms with E-state index in [1.165, 1.54) is 0 Å². The molecule has 0 aliphatic rings. The Morgan fingerprint density at radius 3 is 1.38 bits per heavy atom. The van der Waals surface area contributed by atoms with Crippen LogP contribution in [0.5, 0.6) is 0 Å². The summed E-state index contributed by atoms with van der Waals surface area (Å²) in [5.74, 6) is 0. The van der Waals surface area contributed by atoms with Crippen LogP contribution in [0.4, 0.5) is 0 Å². The van der Waals surface area contributed by atoms with Gasteiger partial charge in [-0.25, -0.2) is 0 Å². The lowest BCUT2D eigenvalue weighted by molar-refractivity contribution is 1.18. The van der Waals surface area contributed by atoms with Gasteiger partial charge in [0.15, 0.2) is 0 Å². The van der Waals surface area contributed by atoms with Crippen LogP contribution in [-0.4, -0.2) is 64.1 Å². The molecule has 0 saturated heterocycles. The maximum atomic E-state index is 7.41. The Balaban J connectivity index is 1.20. The number of hydrogen-bond acceptors (Lipinski definition) is 0. The number of nitrogens with zero attached hydrogens (tertiary/aromatic N) is 2. The average molecular weight is 782 g/mol. The fourth-order valence-electron chi connectivity index (χ4n) is 9.51. The van der Waals surface area contributed by atoms with Crippen LogP contribution in [0.15, 0.2) is 176 Å². The molecule has 0 aliphatic heterocycles. The zero-order chi connectivity index (χ0) is 43.1. The SMILES string of the molecule is [B]c1c([B])c([B])c2c(c1[B])c1c([B])c(-c3ccc4c(c3)c3cccc(-c5ccccc5)c3n4-c3cccc(-c4ccccc4)c3)c([B])c([B])c1n2-c1cccc(-c2ccccc2)c1. The van der Waals surface area contributed by atoms with Crippen LogP contribution in [0.25, 0.3) is 99.5 Å². The van der Waals surface area contributed by atoms with Gasteiger partial charge in [0, 0.05) is 44.1 Å². The molecule has 14 radical (unpaired) electrons. The van der Waals surface area contributed by atoms with Gasteiger partial charge in [0.2, 0.25) is 0 Å². The fraction of sp³-hybridized carbons (Fsp3) is 0. The molecule has 0 spiro atoms. The Morgan fingerprint density at radius 1 is 0.286 bits per heavy atom. The highest BCUT2D eigenvalue weighted by atomic mass is 15.0. The molecule has 0 fully saturated rings. The molecule has 0 bridgehead atoms. The number of aromatic nitrogens is 2. The van der Waals surface area contributed by atoms with E-state index < -0.39 is 0 Å². The molecule has 9 aromatic carbocycles. The third-order valence-electron chi connectivity index (χ3n) is 12.5. The lowest BCUT2D eigenvalue weighted by Gasteiger charge is -2.19. The van der Waals surface area contributed by atoms with Crippen molar-refractivity contribution < 1.29 is 0 Å². The molecule has 2 aromatic heterocycles. The third kappa shape index (κ3) is 6.04. The van der Waals surface area contributed by atoms with Crippen LogP contribution in [0.3, 0.4) is 0 Å². The van der Waals surface area contributed by atoms with E-state index in [-0.39, 0.29) is 21.9 Å². The number of fused-ring (bicyclic) bond motifs is 6. The third-order valence-corrected chi connectivity index (χ3v) is 12.5. The van der Waals surface area contributed by atoms with Crippen LogP contribution in [0.2, 0.25) is 0 Å². The van der Waals surface area contributed by atoms with Gasteiger partial charge in [-0.15, -0.1) is 10.9 Å². The minimum absolute atomic E-state index is 0.174. The molecule has 0 atom stereocenters. The van der Waals surface area contributed by atoms with E-state index in [1.54, 1.807) is 0 Å². The molecule has 63 heavy (non-hydrogen) atoms. The predicted molar refractivity (Wildman–Crippen MR) is 275 cm³/mol. The van der Waals surface area contributed by atoms with Crippen LogP contribution < -0.4 is 38.2 Å². The number of para-hydroxylation sites is 1. The van der Waals surface area contributed by atoms with Gasteiger partial charge in [-0.3, -0.25) is 0 Å². The molecule has 11 rings (SSSR count). The molecule has 2 heterocycles. The minimum atomic E-state index is 0.174. The summed E-state index contributed by atoms with van der Waals surface area (Å²) >= 11 is 0. The Hall–Kier alpha value is -6.97. The molecule has 11 aromatic rings. The second-order valence-corrected chi connectivity index (χ2v) is 16.0. The molecule has 2 nitrogen and oxygen atoms in total. The quantitative estimate of drug-likeness (QED) is 0.181. The van der Waals surface area contributed by atoms with Crippen molar-refractivity contribution in [1.82, 2.24) is 9.13 Å². The summed E-state index contributed by atoms with van der Waals surface area (Å²) in [5.41, 5.74) is 14.8. The zero-order valence-electron chi connectivity index (χ0n) is 34.2. The predicted octanol–water partition coefficient (Wildman–Crippen LogP) is 6.11. The van der Waals surface area contributed by atoms with Crippen molar-refractivity contribution in [3.63, 3.8) is 0 Å². The highest BCUT2D eigenvalue weighted by molar-refractivity contribution is 6.69. The second kappa shape index (κ2) is 15.1. The summed E-state index contributed by atoms with van der Waals surface area (Å²) in [6.07, 6.45) is 0. The average Bonchev–Trinajstić information content (AvgIpc) is 3.87. The van der Waals surface area contributed by atoms with E-state index in [9.17, 15) is 0 Å². The summed E-state index contributed by atoms with van der Waals surface area (Å²) in [6.45, 7) is 0. The van der Waals surface area contributed by atoms with Gasteiger partial charge in [-0.05, 0) is 80.7 Å². The maximum absolute atomic E-state index is 7.41. The smallest absolute Gasteiger partial charge is 0.115 e. The van der Waals surface area contributed by atoms with Crippen molar-refractivity contribution in [1.29, 1.82) is 0 Å². The summed E-state index contributed by atoms with van der Waals surface area (Å²) in [6, 6.07) is 60.6. The molecule has 276 valence electrons. The van der Waals surface area contributed by atoms with Crippen LogP contribution in [-0.2, 0) is 0 Å². The summed E-state index contributed by atoms with van der Waals surface area (Å²) in [5, 5.41) is 3.22. The molecule has 0 unspecified atom stereocenters. The highest BCUT2D eigenvalue weighted by Gasteiger charge is 2.25.